The number of carbonyl (C=O) groups is 1. The van der Waals surface area contributed by atoms with E-state index in [1.54, 1.807) is 41.7 Å². The van der Waals surface area contributed by atoms with Crippen LogP contribution in [0.15, 0.2) is 65.9 Å². The maximum Gasteiger partial charge on any atom is 0.165 e. The molecule has 0 amide bonds. The van der Waals surface area contributed by atoms with Gasteiger partial charge in [-0.1, -0.05) is 75.2 Å². The molecule has 0 saturated carbocycles. The molecule has 0 radical (unpaired) electrons. The van der Waals surface area contributed by atoms with Gasteiger partial charge in [-0.2, -0.15) is 11.3 Å². The molecule has 0 bridgehead atoms. The highest BCUT2D eigenvalue weighted by molar-refractivity contribution is 7.08. The Morgan fingerprint density at radius 1 is 1.33 bits per heavy atom. The van der Waals surface area contributed by atoms with Crippen LogP contribution >= 0.6 is 22.9 Å². The van der Waals surface area contributed by atoms with Crippen LogP contribution in [0.1, 0.15) is 55.5 Å². The number of rotatable bonds is 10. The van der Waals surface area contributed by atoms with E-state index in [2.05, 4.69) is 13.5 Å². The van der Waals surface area contributed by atoms with E-state index in [0.29, 0.717) is 17.0 Å². The molecule has 2 aromatic rings. The average molecular weight is 403 g/mol. The first kappa shape index (κ1) is 21.6. The third kappa shape index (κ3) is 4.78. The second kappa shape index (κ2) is 9.50. The number of allylic oxidation sites excluding steroid dienone is 2. The molecule has 27 heavy (non-hydrogen) atoms. The molecule has 2 rings (SSSR count). The fourth-order valence-electron chi connectivity index (χ4n) is 3.40. The zero-order chi connectivity index (χ0) is 19.9. The molecule has 1 N–H and O–H groups in total. The molecule has 0 fully saturated rings. The number of aliphatic hydroxyl groups is 1. The summed E-state index contributed by atoms with van der Waals surface area (Å²) in [6.45, 7) is 7.79. The van der Waals surface area contributed by atoms with E-state index in [1.807, 2.05) is 35.9 Å². The van der Waals surface area contributed by atoms with E-state index >= 15 is 0 Å². The summed E-state index contributed by atoms with van der Waals surface area (Å²) in [7, 11) is 0. The zero-order valence-electron chi connectivity index (χ0n) is 16.0. The summed E-state index contributed by atoms with van der Waals surface area (Å²) in [5.74, 6) is -0.0729. The molecule has 1 heterocycles. The molecule has 0 aliphatic rings. The normalized spacial score (nSPS) is 16.0. The Hall–Kier alpha value is -1.68. The predicted octanol–water partition coefficient (Wildman–Crippen LogP) is 6.60. The molecule has 1 aromatic heterocycles. The first-order chi connectivity index (χ1) is 12.9. The summed E-state index contributed by atoms with van der Waals surface area (Å²) in [4.78, 5) is 13.1. The maximum absolute atomic E-state index is 13.1. The minimum atomic E-state index is -1.17. The summed E-state index contributed by atoms with van der Waals surface area (Å²) in [6, 6.07) is 9.06. The van der Waals surface area contributed by atoms with Gasteiger partial charge in [0.2, 0.25) is 0 Å². The minimum Gasteiger partial charge on any atom is -0.385 e. The van der Waals surface area contributed by atoms with Gasteiger partial charge in [0, 0.05) is 17.4 Å². The van der Waals surface area contributed by atoms with Gasteiger partial charge in [-0.3, -0.25) is 4.79 Å². The molecule has 1 aromatic carbocycles. The summed E-state index contributed by atoms with van der Waals surface area (Å²) in [6.07, 6.45) is 7.75. The fourth-order valence-corrected chi connectivity index (χ4v) is 4.43. The molecule has 0 aliphatic carbocycles. The number of hydrogen-bond donors (Lipinski definition) is 1. The van der Waals surface area contributed by atoms with Crippen molar-refractivity contribution in [3.8, 4) is 0 Å². The molecule has 2 atom stereocenters. The molecular formula is C23H27ClO2S. The lowest BCUT2D eigenvalue weighted by Crippen LogP contribution is -2.49. The third-order valence-electron chi connectivity index (χ3n) is 5.22. The Balaban J connectivity index is 2.51. The van der Waals surface area contributed by atoms with Gasteiger partial charge in [-0.25, -0.2) is 0 Å². The van der Waals surface area contributed by atoms with Crippen LogP contribution in [0.4, 0.5) is 0 Å². The van der Waals surface area contributed by atoms with Gasteiger partial charge in [-0.15, -0.1) is 0 Å². The number of thiophene rings is 1. The SMILES string of the molecule is C=C/C=C\C(O)(CCCC)C(C)(CC(=O)c1ccccc1Cl)c1ccsc1. The van der Waals surface area contributed by atoms with Crippen molar-refractivity contribution in [2.24, 2.45) is 0 Å². The lowest BCUT2D eigenvalue weighted by atomic mass is 9.64. The van der Waals surface area contributed by atoms with Gasteiger partial charge in [0.1, 0.15) is 0 Å². The number of ketones is 1. The summed E-state index contributed by atoms with van der Waals surface area (Å²) in [5.41, 5.74) is -0.501. The standard InChI is InChI=1S/C23H27ClO2S/c1-4-6-13-23(26,14-7-5-2)22(3,18-12-15-27-17-18)16-21(25)19-10-8-9-11-20(19)24/h4,6,8-13,15,17,26H,1,5,7,14,16H2,2-3H3/b13-6-. The van der Waals surface area contributed by atoms with Gasteiger partial charge in [0.05, 0.1) is 10.6 Å². The van der Waals surface area contributed by atoms with E-state index in [9.17, 15) is 9.90 Å². The molecule has 4 heteroatoms. The predicted molar refractivity (Wildman–Crippen MR) is 116 cm³/mol. The van der Waals surface area contributed by atoms with Gasteiger partial charge in [-0.05, 0) is 40.9 Å². The van der Waals surface area contributed by atoms with Crippen LogP contribution in [0.2, 0.25) is 5.02 Å². The van der Waals surface area contributed by atoms with Gasteiger partial charge < -0.3 is 5.11 Å². The second-order valence-corrected chi connectivity index (χ2v) is 8.23. The van der Waals surface area contributed by atoms with E-state index in [1.165, 1.54) is 0 Å². The third-order valence-corrected chi connectivity index (χ3v) is 6.23. The van der Waals surface area contributed by atoms with Crippen LogP contribution in [0, 0.1) is 0 Å². The molecule has 0 spiro atoms. The van der Waals surface area contributed by atoms with Crippen molar-refractivity contribution in [2.75, 3.05) is 0 Å². The molecule has 2 nitrogen and oxygen atoms in total. The summed E-state index contributed by atoms with van der Waals surface area (Å²) in [5, 5.41) is 16.1. The van der Waals surface area contributed by atoms with Crippen molar-refractivity contribution in [2.45, 2.75) is 50.5 Å². The fraction of sp³-hybridized carbons (Fsp3) is 0.348. The monoisotopic (exact) mass is 402 g/mol. The van der Waals surface area contributed by atoms with Crippen molar-refractivity contribution >= 4 is 28.7 Å². The largest absolute Gasteiger partial charge is 0.385 e. The number of unbranched alkanes of at least 4 members (excludes halogenated alkanes) is 1. The Labute approximate surface area is 171 Å². The lowest BCUT2D eigenvalue weighted by molar-refractivity contribution is -0.000482. The Kier molecular flexibility index (Phi) is 7.60. The molecule has 2 unspecified atom stereocenters. The quantitative estimate of drug-likeness (QED) is 0.359. The highest BCUT2D eigenvalue weighted by Crippen LogP contribution is 2.44. The first-order valence-electron chi connectivity index (χ1n) is 9.21. The Morgan fingerprint density at radius 2 is 2.07 bits per heavy atom. The lowest BCUT2D eigenvalue weighted by Gasteiger charge is -2.43. The average Bonchev–Trinajstić information content (AvgIpc) is 3.20. The molecule has 144 valence electrons. The Bertz CT molecular complexity index is 796. The van der Waals surface area contributed by atoms with Crippen LogP contribution < -0.4 is 0 Å². The first-order valence-corrected chi connectivity index (χ1v) is 10.5. The Morgan fingerprint density at radius 3 is 2.67 bits per heavy atom. The number of halogens is 1. The number of hydrogen-bond acceptors (Lipinski definition) is 3. The number of carbonyl (C=O) groups excluding carboxylic acids is 1. The smallest absolute Gasteiger partial charge is 0.165 e. The van der Waals surface area contributed by atoms with Gasteiger partial charge in [0.25, 0.3) is 0 Å². The van der Waals surface area contributed by atoms with Crippen LogP contribution in [0.25, 0.3) is 0 Å². The topological polar surface area (TPSA) is 37.3 Å². The molecular weight excluding hydrogens is 376 g/mol. The molecule has 0 saturated heterocycles. The highest BCUT2D eigenvalue weighted by atomic mass is 35.5. The van der Waals surface area contributed by atoms with E-state index in [0.717, 1.165) is 18.4 Å². The van der Waals surface area contributed by atoms with Crippen molar-refractivity contribution in [1.29, 1.82) is 0 Å². The summed E-state index contributed by atoms with van der Waals surface area (Å²) < 4.78 is 0. The van der Waals surface area contributed by atoms with Gasteiger partial charge >= 0.3 is 0 Å². The van der Waals surface area contributed by atoms with E-state index in [-0.39, 0.29) is 12.2 Å². The van der Waals surface area contributed by atoms with E-state index in [4.69, 9.17) is 11.6 Å². The van der Waals surface area contributed by atoms with Crippen molar-refractivity contribution < 1.29 is 9.90 Å². The van der Waals surface area contributed by atoms with Crippen molar-refractivity contribution in [1.82, 2.24) is 0 Å². The zero-order valence-corrected chi connectivity index (χ0v) is 17.5. The second-order valence-electron chi connectivity index (χ2n) is 7.05. The van der Waals surface area contributed by atoms with Gasteiger partial charge in [0.15, 0.2) is 5.78 Å². The van der Waals surface area contributed by atoms with E-state index < -0.39 is 11.0 Å². The van der Waals surface area contributed by atoms with Crippen molar-refractivity contribution in [3.63, 3.8) is 0 Å². The van der Waals surface area contributed by atoms with Crippen LogP contribution in [-0.4, -0.2) is 16.5 Å². The maximum atomic E-state index is 13.1. The highest BCUT2D eigenvalue weighted by Gasteiger charge is 2.47. The van der Waals surface area contributed by atoms with Crippen LogP contribution in [-0.2, 0) is 5.41 Å². The van der Waals surface area contributed by atoms with Crippen LogP contribution in [0.5, 0.6) is 0 Å². The van der Waals surface area contributed by atoms with Crippen LogP contribution in [0.3, 0.4) is 0 Å². The minimum absolute atomic E-state index is 0.0729. The van der Waals surface area contributed by atoms with Crippen molar-refractivity contribution in [3.05, 3.63) is 82.0 Å². The molecule has 0 aliphatic heterocycles. The number of benzene rings is 1. The number of Topliss-reactive ketones (excluding diaryl/α,β-unsaturated/α-hetero) is 1. The summed E-state index contributed by atoms with van der Waals surface area (Å²) >= 11 is 7.81.